The van der Waals surface area contributed by atoms with Gasteiger partial charge in [0.15, 0.2) is 0 Å². The fourth-order valence-corrected chi connectivity index (χ4v) is 3.07. The molecule has 6 nitrogen and oxygen atoms in total. The molecule has 1 amide bonds. The average molecular weight is 357 g/mol. The number of hydrogen-bond donors (Lipinski definition) is 1. The molecular formula is C17H16FN5OS. The molecule has 0 aliphatic heterocycles. The molecule has 3 rings (SSSR count). The highest BCUT2D eigenvalue weighted by atomic mass is 32.2. The smallest absolute Gasteiger partial charge is 0.234 e. The van der Waals surface area contributed by atoms with Crippen molar-refractivity contribution in [2.24, 2.45) is 0 Å². The molecular weight excluding hydrogens is 341 g/mol. The van der Waals surface area contributed by atoms with E-state index in [9.17, 15) is 9.18 Å². The zero-order chi connectivity index (χ0) is 17.8. The van der Waals surface area contributed by atoms with Gasteiger partial charge in [0.2, 0.25) is 11.1 Å². The van der Waals surface area contributed by atoms with Crippen LogP contribution in [0, 0.1) is 19.7 Å². The Morgan fingerprint density at radius 2 is 1.92 bits per heavy atom. The lowest BCUT2D eigenvalue weighted by molar-refractivity contribution is -0.113. The Balaban J connectivity index is 1.69. The Morgan fingerprint density at radius 3 is 2.64 bits per heavy atom. The van der Waals surface area contributed by atoms with Crippen LogP contribution < -0.4 is 5.32 Å². The summed E-state index contributed by atoms with van der Waals surface area (Å²) in [7, 11) is 0. The molecule has 0 spiro atoms. The fraction of sp³-hybridized carbons (Fsp3) is 0.176. The summed E-state index contributed by atoms with van der Waals surface area (Å²) < 4.78 is 15.2. The van der Waals surface area contributed by atoms with Crippen molar-refractivity contribution in [3.8, 4) is 5.69 Å². The van der Waals surface area contributed by atoms with Crippen molar-refractivity contribution in [1.82, 2.24) is 20.2 Å². The van der Waals surface area contributed by atoms with Gasteiger partial charge in [0.05, 0.1) is 17.1 Å². The highest BCUT2D eigenvalue weighted by Crippen LogP contribution is 2.21. The van der Waals surface area contributed by atoms with Crippen LogP contribution in [0.4, 0.5) is 10.1 Å². The minimum atomic E-state index is -0.471. The van der Waals surface area contributed by atoms with E-state index in [0.717, 1.165) is 16.8 Å². The number of carbonyl (C=O) groups is 1. The van der Waals surface area contributed by atoms with Gasteiger partial charge in [0.1, 0.15) is 5.82 Å². The number of halogens is 1. The zero-order valence-corrected chi connectivity index (χ0v) is 14.5. The normalized spacial score (nSPS) is 10.7. The van der Waals surface area contributed by atoms with Crippen LogP contribution in [-0.2, 0) is 4.79 Å². The summed E-state index contributed by atoms with van der Waals surface area (Å²) in [5.74, 6) is -0.731. The minimum absolute atomic E-state index is 0.0690. The summed E-state index contributed by atoms with van der Waals surface area (Å²) in [4.78, 5) is 12.0. The Kier molecular flexibility index (Phi) is 5.08. The monoisotopic (exact) mass is 357 g/mol. The number of para-hydroxylation sites is 1. The topological polar surface area (TPSA) is 72.7 Å². The van der Waals surface area contributed by atoms with Crippen molar-refractivity contribution in [2.45, 2.75) is 19.0 Å². The number of rotatable bonds is 5. The minimum Gasteiger partial charge on any atom is -0.323 e. The van der Waals surface area contributed by atoms with E-state index in [1.807, 2.05) is 26.0 Å². The zero-order valence-electron chi connectivity index (χ0n) is 13.7. The first-order valence-corrected chi connectivity index (χ1v) is 8.56. The lowest BCUT2D eigenvalue weighted by Crippen LogP contribution is -2.15. The number of thioether (sulfide) groups is 1. The van der Waals surface area contributed by atoms with Crippen LogP contribution >= 0.6 is 11.8 Å². The van der Waals surface area contributed by atoms with Crippen molar-refractivity contribution in [2.75, 3.05) is 11.1 Å². The van der Waals surface area contributed by atoms with Gasteiger partial charge in [-0.15, -0.1) is 5.10 Å². The SMILES string of the molecule is Cc1cc(C)cc(-n2nnnc2SCC(=O)Nc2ccccc2F)c1. The maximum absolute atomic E-state index is 13.6. The van der Waals surface area contributed by atoms with E-state index < -0.39 is 5.82 Å². The first-order chi connectivity index (χ1) is 12.0. The molecule has 0 aliphatic carbocycles. The van der Waals surface area contributed by atoms with Gasteiger partial charge in [-0.3, -0.25) is 4.79 Å². The van der Waals surface area contributed by atoms with Crippen molar-refractivity contribution in [3.63, 3.8) is 0 Å². The van der Waals surface area contributed by atoms with E-state index in [-0.39, 0.29) is 17.3 Å². The number of hydrogen-bond acceptors (Lipinski definition) is 5. The summed E-state index contributed by atoms with van der Waals surface area (Å²) in [5, 5.41) is 14.7. The highest BCUT2D eigenvalue weighted by molar-refractivity contribution is 7.99. The quantitative estimate of drug-likeness (QED) is 0.710. The molecule has 0 aliphatic rings. The van der Waals surface area contributed by atoms with Gasteiger partial charge >= 0.3 is 0 Å². The maximum atomic E-state index is 13.6. The lowest BCUT2D eigenvalue weighted by Gasteiger charge is -2.07. The number of nitrogens with one attached hydrogen (secondary N) is 1. The van der Waals surface area contributed by atoms with Crippen LogP contribution in [0.3, 0.4) is 0 Å². The van der Waals surface area contributed by atoms with Crippen LogP contribution in [0.5, 0.6) is 0 Å². The van der Waals surface area contributed by atoms with Crippen molar-refractivity contribution < 1.29 is 9.18 Å². The van der Waals surface area contributed by atoms with Crippen LogP contribution in [0.1, 0.15) is 11.1 Å². The number of aryl methyl sites for hydroxylation is 2. The maximum Gasteiger partial charge on any atom is 0.234 e. The second-order valence-corrected chi connectivity index (χ2v) is 6.48. The Bertz CT molecular complexity index is 891. The number of anilines is 1. The third-order valence-corrected chi connectivity index (χ3v) is 4.29. The number of nitrogens with zero attached hydrogens (tertiary/aromatic N) is 4. The molecule has 2 aromatic carbocycles. The van der Waals surface area contributed by atoms with Gasteiger partial charge in [0.25, 0.3) is 0 Å². The number of benzene rings is 2. The molecule has 0 saturated heterocycles. The first-order valence-electron chi connectivity index (χ1n) is 7.57. The molecule has 8 heteroatoms. The standard InChI is InChI=1S/C17H16FN5OS/c1-11-7-12(2)9-13(8-11)23-17(20-21-22-23)25-10-16(24)19-15-6-4-3-5-14(15)18/h3-9H,10H2,1-2H3,(H,19,24). The van der Waals surface area contributed by atoms with Gasteiger partial charge in [-0.05, 0) is 59.7 Å². The summed E-state index contributed by atoms with van der Waals surface area (Å²) in [6.07, 6.45) is 0. The second-order valence-electron chi connectivity index (χ2n) is 5.54. The molecule has 0 atom stereocenters. The summed E-state index contributed by atoms with van der Waals surface area (Å²) in [5.41, 5.74) is 3.18. The summed E-state index contributed by atoms with van der Waals surface area (Å²) in [6, 6.07) is 12.0. The van der Waals surface area contributed by atoms with Gasteiger partial charge in [-0.2, -0.15) is 4.68 Å². The van der Waals surface area contributed by atoms with Crippen LogP contribution in [0.2, 0.25) is 0 Å². The summed E-state index contributed by atoms with van der Waals surface area (Å²) >= 11 is 1.19. The van der Waals surface area contributed by atoms with Gasteiger partial charge in [0, 0.05) is 0 Å². The van der Waals surface area contributed by atoms with Crippen molar-refractivity contribution >= 4 is 23.4 Å². The first kappa shape index (κ1) is 17.1. The predicted octanol–water partition coefficient (Wildman–Crippen LogP) is 3.15. The molecule has 0 unspecified atom stereocenters. The predicted molar refractivity (Wildman–Crippen MR) is 94.4 cm³/mol. The molecule has 25 heavy (non-hydrogen) atoms. The lowest BCUT2D eigenvalue weighted by atomic mass is 10.1. The van der Waals surface area contributed by atoms with Crippen molar-refractivity contribution in [3.05, 3.63) is 59.4 Å². The third-order valence-electron chi connectivity index (χ3n) is 3.37. The molecule has 0 radical (unpaired) electrons. The molecule has 3 aromatic rings. The summed E-state index contributed by atoms with van der Waals surface area (Å²) in [6.45, 7) is 3.99. The Labute approximate surface area is 148 Å². The number of amides is 1. The Hall–Kier alpha value is -2.74. The fourth-order valence-electron chi connectivity index (χ4n) is 2.38. The Morgan fingerprint density at radius 1 is 1.20 bits per heavy atom. The largest absolute Gasteiger partial charge is 0.323 e. The van der Waals surface area contributed by atoms with Gasteiger partial charge < -0.3 is 5.32 Å². The molecule has 0 fully saturated rings. The number of tetrazole rings is 1. The molecule has 128 valence electrons. The average Bonchev–Trinajstić information content (AvgIpc) is 3.03. The van der Waals surface area contributed by atoms with Crippen LogP contribution in [0.25, 0.3) is 5.69 Å². The number of carbonyl (C=O) groups excluding carboxylic acids is 1. The molecule has 0 saturated carbocycles. The van der Waals surface area contributed by atoms with E-state index in [1.54, 1.807) is 16.8 Å². The highest BCUT2D eigenvalue weighted by Gasteiger charge is 2.13. The number of aromatic nitrogens is 4. The van der Waals surface area contributed by atoms with Crippen molar-refractivity contribution in [1.29, 1.82) is 0 Å². The molecule has 1 aromatic heterocycles. The second kappa shape index (κ2) is 7.43. The molecule has 0 bridgehead atoms. The van der Waals surface area contributed by atoms with E-state index in [4.69, 9.17) is 0 Å². The van der Waals surface area contributed by atoms with E-state index >= 15 is 0 Å². The molecule has 1 N–H and O–H groups in total. The van der Waals surface area contributed by atoms with Gasteiger partial charge in [-0.25, -0.2) is 4.39 Å². The molecule has 1 heterocycles. The third kappa shape index (κ3) is 4.21. The van der Waals surface area contributed by atoms with E-state index in [0.29, 0.717) is 5.16 Å². The van der Waals surface area contributed by atoms with Gasteiger partial charge in [-0.1, -0.05) is 30.0 Å². The van der Waals surface area contributed by atoms with Crippen LogP contribution in [-0.4, -0.2) is 31.9 Å². The van der Waals surface area contributed by atoms with Crippen LogP contribution in [0.15, 0.2) is 47.6 Å². The van der Waals surface area contributed by atoms with E-state index in [1.165, 1.54) is 23.9 Å². The van der Waals surface area contributed by atoms with E-state index in [2.05, 4.69) is 26.9 Å².